The van der Waals surface area contributed by atoms with Crippen molar-refractivity contribution < 1.29 is 22.7 Å². The minimum atomic E-state index is -3.91. The maximum Gasteiger partial charge on any atom is 0.244 e. The van der Waals surface area contributed by atoms with E-state index in [1.807, 2.05) is 24.3 Å². The van der Waals surface area contributed by atoms with Gasteiger partial charge in [-0.25, -0.2) is 8.42 Å². The number of ether oxygens (including phenoxy) is 2. The van der Waals surface area contributed by atoms with Gasteiger partial charge in [0.05, 0.1) is 4.90 Å². The minimum absolute atomic E-state index is 0.0834. The average molecular weight is 388 g/mol. The monoisotopic (exact) mass is 388 g/mol. The summed E-state index contributed by atoms with van der Waals surface area (Å²) in [4.78, 5) is 12.5. The van der Waals surface area contributed by atoms with Crippen LogP contribution in [0.2, 0.25) is 0 Å². The molecule has 2 aliphatic rings. The summed E-state index contributed by atoms with van der Waals surface area (Å²) < 4.78 is 39.0. The van der Waals surface area contributed by atoms with Gasteiger partial charge in [-0.05, 0) is 29.7 Å². The zero-order valence-electron chi connectivity index (χ0n) is 14.8. The maximum atomic E-state index is 13.4. The Morgan fingerprint density at radius 2 is 1.78 bits per heavy atom. The summed E-state index contributed by atoms with van der Waals surface area (Å²) in [5.74, 6) is 0.592. The molecule has 7 nitrogen and oxygen atoms in total. The third-order valence-corrected chi connectivity index (χ3v) is 6.73. The van der Waals surface area contributed by atoms with Gasteiger partial charge in [0.1, 0.15) is 19.3 Å². The van der Waals surface area contributed by atoms with Gasteiger partial charge in [-0.1, -0.05) is 24.3 Å². The molecule has 0 unspecified atom stereocenters. The molecular weight excluding hydrogens is 368 g/mol. The highest BCUT2D eigenvalue weighted by Crippen LogP contribution is 2.35. The molecule has 0 saturated carbocycles. The number of likely N-dealkylation sites (N-methyl/N-ethyl adjacent to an activating group) is 1. The molecule has 0 fully saturated rings. The molecule has 1 atom stereocenters. The first kappa shape index (κ1) is 17.8. The molecule has 0 spiro atoms. The van der Waals surface area contributed by atoms with E-state index in [4.69, 9.17) is 9.47 Å². The number of carbonyl (C=O) groups excluding carboxylic acids is 1. The van der Waals surface area contributed by atoms with Gasteiger partial charge in [0.25, 0.3) is 0 Å². The summed E-state index contributed by atoms with van der Waals surface area (Å²) in [6.45, 7) is 0.945. The number of amides is 1. The van der Waals surface area contributed by atoms with Gasteiger partial charge in [-0.3, -0.25) is 4.79 Å². The number of nitrogens with zero attached hydrogens (tertiary/aromatic N) is 1. The highest BCUT2D eigenvalue weighted by Gasteiger charge is 2.39. The maximum absolute atomic E-state index is 13.4. The summed E-state index contributed by atoms with van der Waals surface area (Å²) in [6, 6.07) is 11.3. The number of nitrogens with one attached hydrogen (secondary N) is 1. The van der Waals surface area contributed by atoms with E-state index in [1.165, 1.54) is 23.5 Å². The third kappa shape index (κ3) is 3.15. The summed E-state index contributed by atoms with van der Waals surface area (Å²) in [7, 11) is -2.39. The first-order valence-corrected chi connectivity index (χ1v) is 10.1. The van der Waals surface area contributed by atoms with Crippen LogP contribution in [0.15, 0.2) is 47.4 Å². The molecular formula is C19H20N2O5S. The Labute approximate surface area is 157 Å². The van der Waals surface area contributed by atoms with Crippen LogP contribution >= 0.6 is 0 Å². The van der Waals surface area contributed by atoms with Crippen LogP contribution in [0.4, 0.5) is 0 Å². The Morgan fingerprint density at radius 3 is 2.52 bits per heavy atom. The predicted octanol–water partition coefficient (Wildman–Crippen LogP) is 1.32. The molecule has 27 heavy (non-hydrogen) atoms. The molecule has 0 bridgehead atoms. The lowest BCUT2D eigenvalue weighted by molar-refractivity contribution is -0.124. The largest absolute Gasteiger partial charge is 0.486 e. The fraction of sp³-hybridized carbons (Fsp3) is 0.316. The van der Waals surface area contributed by atoms with Gasteiger partial charge < -0.3 is 14.8 Å². The Bertz CT molecular complexity index is 989. The van der Waals surface area contributed by atoms with Crippen molar-refractivity contribution in [1.29, 1.82) is 0 Å². The van der Waals surface area contributed by atoms with E-state index in [9.17, 15) is 13.2 Å². The van der Waals surface area contributed by atoms with Gasteiger partial charge >= 0.3 is 0 Å². The lowest BCUT2D eigenvalue weighted by Crippen LogP contribution is -2.51. The smallest absolute Gasteiger partial charge is 0.244 e. The molecule has 0 radical (unpaired) electrons. The fourth-order valence-corrected chi connectivity index (χ4v) is 5.04. The topological polar surface area (TPSA) is 84.9 Å². The van der Waals surface area contributed by atoms with Crippen molar-refractivity contribution in [3.63, 3.8) is 0 Å². The zero-order valence-corrected chi connectivity index (χ0v) is 15.7. The van der Waals surface area contributed by atoms with Crippen LogP contribution in [-0.4, -0.2) is 44.9 Å². The summed E-state index contributed by atoms with van der Waals surface area (Å²) >= 11 is 0. The molecule has 0 saturated heterocycles. The Hall–Kier alpha value is -2.58. The molecule has 0 aliphatic carbocycles. The van der Waals surface area contributed by atoms with Crippen molar-refractivity contribution in [2.24, 2.45) is 0 Å². The van der Waals surface area contributed by atoms with Gasteiger partial charge in [0.15, 0.2) is 11.5 Å². The quantitative estimate of drug-likeness (QED) is 0.857. The molecule has 2 aliphatic heterocycles. The number of rotatable bonds is 3. The highest BCUT2D eigenvalue weighted by atomic mass is 32.2. The minimum Gasteiger partial charge on any atom is -0.486 e. The molecule has 1 N–H and O–H groups in total. The molecule has 142 valence electrons. The van der Waals surface area contributed by atoms with E-state index in [2.05, 4.69) is 5.32 Å². The lowest BCUT2D eigenvalue weighted by atomic mass is 9.95. The van der Waals surface area contributed by atoms with Gasteiger partial charge in [0.2, 0.25) is 15.9 Å². The predicted molar refractivity (Wildman–Crippen MR) is 98.2 cm³/mol. The van der Waals surface area contributed by atoms with Gasteiger partial charge in [-0.2, -0.15) is 4.31 Å². The van der Waals surface area contributed by atoms with Crippen LogP contribution in [0, 0.1) is 0 Å². The second-order valence-electron chi connectivity index (χ2n) is 6.46. The van der Waals surface area contributed by atoms with Crippen molar-refractivity contribution in [2.45, 2.75) is 23.9 Å². The van der Waals surface area contributed by atoms with Crippen molar-refractivity contribution in [3.8, 4) is 11.5 Å². The summed E-state index contributed by atoms with van der Waals surface area (Å²) in [6.07, 6.45) is 0.333. The molecule has 2 heterocycles. The molecule has 2 aromatic rings. The summed E-state index contributed by atoms with van der Waals surface area (Å²) in [5.41, 5.74) is 1.89. The van der Waals surface area contributed by atoms with E-state index in [0.29, 0.717) is 31.1 Å². The highest BCUT2D eigenvalue weighted by molar-refractivity contribution is 7.89. The molecule has 8 heteroatoms. The standard InChI is InChI=1S/C19H20N2O5S/c1-20-19(22)16-10-13-4-2-3-5-14(13)12-21(16)27(23,24)15-6-7-17-18(11-15)26-9-8-25-17/h2-7,11,16H,8-10,12H2,1H3,(H,20,22)/t16-/m1/s1. The Kier molecular flexibility index (Phi) is 4.53. The van der Waals surface area contributed by atoms with Crippen LogP contribution in [-0.2, 0) is 27.8 Å². The van der Waals surface area contributed by atoms with E-state index in [0.717, 1.165) is 11.1 Å². The molecule has 4 rings (SSSR count). The normalized spacial score (nSPS) is 19.2. The molecule has 2 aromatic carbocycles. The van der Waals surface area contributed by atoms with Crippen molar-refractivity contribution >= 4 is 15.9 Å². The van der Waals surface area contributed by atoms with Gasteiger partial charge in [-0.15, -0.1) is 0 Å². The van der Waals surface area contributed by atoms with Crippen LogP contribution in [0.3, 0.4) is 0 Å². The number of hydrogen-bond donors (Lipinski definition) is 1. The van der Waals surface area contributed by atoms with Crippen LogP contribution < -0.4 is 14.8 Å². The number of hydrogen-bond acceptors (Lipinski definition) is 5. The SMILES string of the molecule is CNC(=O)[C@H]1Cc2ccccc2CN1S(=O)(=O)c1ccc2c(c1)OCCO2. The van der Waals surface area contributed by atoms with Crippen LogP contribution in [0.5, 0.6) is 11.5 Å². The Morgan fingerprint density at radius 1 is 1.07 bits per heavy atom. The molecule has 0 aromatic heterocycles. The Balaban J connectivity index is 1.75. The van der Waals surface area contributed by atoms with Gasteiger partial charge in [0, 0.05) is 19.7 Å². The van der Waals surface area contributed by atoms with Crippen LogP contribution in [0.1, 0.15) is 11.1 Å². The first-order chi connectivity index (χ1) is 13.0. The van der Waals surface area contributed by atoms with Crippen LogP contribution in [0.25, 0.3) is 0 Å². The fourth-order valence-electron chi connectivity index (χ4n) is 3.46. The van der Waals surface area contributed by atoms with Crippen molar-refractivity contribution in [2.75, 3.05) is 20.3 Å². The second-order valence-corrected chi connectivity index (χ2v) is 8.35. The number of carbonyl (C=O) groups is 1. The van der Waals surface area contributed by atoms with Crippen molar-refractivity contribution in [1.82, 2.24) is 9.62 Å². The second kappa shape index (κ2) is 6.86. The zero-order chi connectivity index (χ0) is 19.0. The number of fused-ring (bicyclic) bond motifs is 2. The van der Waals surface area contributed by atoms with E-state index in [-0.39, 0.29) is 17.3 Å². The number of sulfonamides is 1. The lowest BCUT2D eigenvalue weighted by Gasteiger charge is -2.35. The summed E-state index contributed by atoms with van der Waals surface area (Å²) in [5, 5.41) is 2.58. The van der Waals surface area contributed by atoms with Crippen molar-refractivity contribution in [3.05, 3.63) is 53.6 Å². The average Bonchev–Trinajstić information content (AvgIpc) is 2.71. The third-order valence-electron chi connectivity index (χ3n) is 4.87. The van der Waals surface area contributed by atoms with E-state index >= 15 is 0 Å². The number of benzene rings is 2. The van der Waals surface area contributed by atoms with E-state index < -0.39 is 16.1 Å². The first-order valence-electron chi connectivity index (χ1n) is 8.70. The molecule has 1 amide bonds. The van der Waals surface area contributed by atoms with E-state index in [1.54, 1.807) is 6.07 Å².